The molecule has 190 valence electrons. The fourth-order valence-corrected chi connectivity index (χ4v) is 4.26. The van der Waals surface area contributed by atoms with Crippen LogP contribution < -0.4 is 10.6 Å². The lowest BCUT2D eigenvalue weighted by Gasteiger charge is -2.27. The fraction of sp³-hybridized carbons (Fsp3) is 0.731. The Bertz CT molecular complexity index is 620. The van der Waals surface area contributed by atoms with Crippen molar-refractivity contribution in [2.75, 3.05) is 5.32 Å². The van der Waals surface area contributed by atoms with Gasteiger partial charge >= 0.3 is 0 Å². The number of carbonyl (C=O) groups is 1. The van der Waals surface area contributed by atoms with Gasteiger partial charge in [-0.05, 0) is 30.7 Å². The smallest absolute Gasteiger partial charge is 0.228 e. The lowest BCUT2D eigenvalue weighted by Crippen LogP contribution is -2.49. The third kappa shape index (κ3) is 16.8. The van der Waals surface area contributed by atoms with Gasteiger partial charge in [-0.25, -0.2) is 0 Å². The third-order valence-electron chi connectivity index (χ3n) is 5.80. The molecule has 0 radical (unpaired) electrons. The minimum atomic E-state index is -1.68. The molecule has 0 spiro atoms. The van der Waals surface area contributed by atoms with E-state index >= 15 is 0 Å². The molecule has 1 aromatic carbocycles. The molecular weight excluding hydrogens is 498 g/mol. The van der Waals surface area contributed by atoms with E-state index in [9.17, 15) is 4.79 Å². The molecule has 0 bridgehead atoms. The Morgan fingerprint density at radius 1 is 0.758 bits per heavy atom. The molecule has 1 aromatic rings. The maximum Gasteiger partial charge on any atom is 0.228 e. The van der Waals surface area contributed by atoms with Crippen molar-refractivity contribution < 1.29 is 4.79 Å². The number of hydrogen-bond donors (Lipinski definition) is 2. The summed E-state index contributed by atoms with van der Waals surface area (Å²) in [7, 11) is 0. The summed E-state index contributed by atoms with van der Waals surface area (Å²) < 4.78 is -1.68. The Hall–Kier alpha value is -0.350. The minimum Gasteiger partial charge on any atom is -0.362 e. The molecule has 0 saturated carbocycles. The van der Waals surface area contributed by atoms with Crippen molar-refractivity contribution in [2.45, 2.75) is 120 Å². The Kier molecular flexibility index (Phi) is 17.6. The van der Waals surface area contributed by atoms with Gasteiger partial charge in [0.15, 0.2) is 0 Å². The van der Waals surface area contributed by atoms with Crippen LogP contribution in [0.2, 0.25) is 5.02 Å². The molecule has 0 aliphatic heterocycles. The first-order valence-electron chi connectivity index (χ1n) is 12.7. The SMILES string of the molecule is CCCCCCCCCCCCCCCCCC(=O)N[C@@H](Nc1ccc(Cl)cc1)C(Cl)(Cl)Cl. The molecule has 0 saturated heterocycles. The van der Waals surface area contributed by atoms with Crippen LogP contribution in [0.1, 0.15) is 110 Å². The summed E-state index contributed by atoms with van der Waals surface area (Å²) in [5.41, 5.74) is 0.711. The molecule has 0 aliphatic rings. The lowest BCUT2D eigenvalue weighted by atomic mass is 10.0. The van der Waals surface area contributed by atoms with E-state index in [2.05, 4.69) is 17.6 Å². The largest absolute Gasteiger partial charge is 0.362 e. The number of carbonyl (C=O) groups excluding carboxylic acids is 1. The first kappa shape index (κ1) is 30.7. The van der Waals surface area contributed by atoms with Crippen LogP contribution in [0.3, 0.4) is 0 Å². The molecule has 0 unspecified atom stereocenters. The zero-order chi connectivity index (χ0) is 24.4. The number of alkyl halides is 3. The minimum absolute atomic E-state index is 0.123. The summed E-state index contributed by atoms with van der Waals surface area (Å²) in [5, 5.41) is 6.45. The van der Waals surface area contributed by atoms with Gasteiger partial charge in [0, 0.05) is 17.1 Å². The van der Waals surface area contributed by atoms with Crippen molar-refractivity contribution in [2.24, 2.45) is 0 Å². The fourth-order valence-electron chi connectivity index (χ4n) is 3.80. The highest BCUT2D eigenvalue weighted by atomic mass is 35.6. The molecule has 3 nitrogen and oxygen atoms in total. The predicted molar refractivity (Wildman–Crippen MR) is 147 cm³/mol. The number of rotatable bonds is 19. The first-order valence-corrected chi connectivity index (χ1v) is 14.2. The van der Waals surface area contributed by atoms with Crippen molar-refractivity contribution in [3.63, 3.8) is 0 Å². The lowest BCUT2D eigenvalue weighted by molar-refractivity contribution is -0.121. The Balaban J connectivity index is 2.05. The second-order valence-corrected chi connectivity index (χ2v) is 11.7. The van der Waals surface area contributed by atoms with Crippen molar-refractivity contribution >= 4 is 58.0 Å². The van der Waals surface area contributed by atoms with Gasteiger partial charge in [0.2, 0.25) is 9.70 Å². The zero-order valence-corrected chi connectivity index (χ0v) is 23.1. The normalized spacial score (nSPS) is 12.5. The average molecular weight is 540 g/mol. The topological polar surface area (TPSA) is 41.1 Å². The molecule has 0 aromatic heterocycles. The van der Waals surface area contributed by atoms with Gasteiger partial charge in [-0.1, -0.05) is 143 Å². The number of halogens is 4. The van der Waals surface area contributed by atoms with E-state index in [-0.39, 0.29) is 5.91 Å². The van der Waals surface area contributed by atoms with Gasteiger partial charge in [0.1, 0.15) is 6.17 Å². The summed E-state index contributed by atoms with van der Waals surface area (Å²) in [4.78, 5) is 12.3. The quantitative estimate of drug-likeness (QED) is 0.104. The Morgan fingerprint density at radius 2 is 1.18 bits per heavy atom. The van der Waals surface area contributed by atoms with E-state index in [1.54, 1.807) is 24.3 Å². The molecule has 7 heteroatoms. The summed E-state index contributed by atoms with van der Waals surface area (Å²) in [6.07, 6.45) is 19.0. The highest BCUT2D eigenvalue weighted by Crippen LogP contribution is 2.31. The van der Waals surface area contributed by atoms with E-state index < -0.39 is 9.96 Å². The molecule has 0 fully saturated rings. The average Bonchev–Trinajstić information content (AvgIpc) is 2.76. The molecule has 0 heterocycles. The second kappa shape index (κ2) is 18.9. The summed E-state index contributed by atoms with van der Waals surface area (Å²) in [6, 6.07) is 7.01. The number of anilines is 1. The molecule has 33 heavy (non-hydrogen) atoms. The van der Waals surface area contributed by atoms with E-state index in [1.807, 2.05) is 0 Å². The molecule has 0 aliphatic carbocycles. The van der Waals surface area contributed by atoms with Gasteiger partial charge in [0.25, 0.3) is 0 Å². The van der Waals surface area contributed by atoms with Crippen LogP contribution in [0.15, 0.2) is 24.3 Å². The predicted octanol–water partition coefficient (Wildman–Crippen LogP) is 9.83. The van der Waals surface area contributed by atoms with Crippen LogP contribution in [0.4, 0.5) is 5.69 Å². The van der Waals surface area contributed by atoms with Crippen molar-refractivity contribution in [1.29, 1.82) is 0 Å². The van der Waals surface area contributed by atoms with Gasteiger partial charge in [-0.3, -0.25) is 4.79 Å². The molecular formula is C26H42Cl4N2O. The monoisotopic (exact) mass is 538 g/mol. The maximum atomic E-state index is 12.3. The van der Waals surface area contributed by atoms with E-state index in [0.717, 1.165) is 12.8 Å². The number of amides is 1. The van der Waals surface area contributed by atoms with Crippen molar-refractivity contribution in [3.05, 3.63) is 29.3 Å². The van der Waals surface area contributed by atoms with Crippen LogP contribution in [-0.4, -0.2) is 15.9 Å². The van der Waals surface area contributed by atoms with Gasteiger partial charge in [-0.2, -0.15) is 0 Å². The Labute approximate surface area is 221 Å². The summed E-state index contributed by atoms with van der Waals surface area (Å²) in [5.74, 6) is -0.123. The van der Waals surface area contributed by atoms with Crippen LogP contribution in [0.25, 0.3) is 0 Å². The van der Waals surface area contributed by atoms with Crippen LogP contribution in [0, 0.1) is 0 Å². The van der Waals surface area contributed by atoms with Crippen molar-refractivity contribution in [1.82, 2.24) is 5.32 Å². The molecule has 1 atom stereocenters. The van der Waals surface area contributed by atoms with Gasteiger partial charge < -0.3 is 10.6 Å². The highest BCUT2D eigenvalue weighted by Gasteiger charge is 2.33. The van der Waals surface area contributed by atoms with E-state index in [4.69, 9.17) is 46.4 Å². The van der Waals surface area contributed by atoms with Crippen LogP contribution in [-0.2, 0) is 4.79 Å². The molecule has 1 amide bonds. The second-order valence-electron chi connectivity index (χ2n) is 8.89. The highest BCUT2D eigenvalue weighted by molar-refractivity contribution is 6.68. The van der Waals surface area contributed by atoms with Gasteiger partial charge in [-0.15, -0.1) is 0 Å². The zero-order valence-electron chi connectivity index (χ0n) is 20.1. The number of nitrogens with one attached hydrogen (secondary N) is 2. The summed E-state index contributed by atoms with van der Waals surface area (Å²) in [6.45, 7) is 2.27. The number of unbranched alkanes of at least 4 members (excludes halogenated alkanes) is 14. The van der Waals surface area contributed by atoms with E-state index in [0.29, 0.717) is 17.1 Å². The van der Waals surface area contributed by atoms with Gasteiger partial charge in [0.05, 0.1) is 0 Å². The number of benzene rings is 1. The molecule has 1 rings (SSSR count). The third-order valence-corrected chi connectivity index (χ3v) is 6.70. The number of hydrogen-bond acceptors (Lipinski definition) is 2. The van der Waals surface area contributed by atoms with Crippen LogP contribution in [0.5, 0.6) is 0 Å². The van der Waals surface area contributed by atoms with Crippen LogP contribution >= 0.6 is 46.4 Å². The first-order chi connectivity index (χ1) is 15.8. The maximum absolute atomic E-state index is 12.3. The summed E-state index contributed by atoms with van der Waals surface area (Å²) >= 11 is 24.1. The molecule has 2 N–H and O–H groups in total. The van der Waals surface area contributed by atoms with E-state index in [1.165, 1.54) is 83.5 Å². The van der Waals surface area contributed by atoms with Crippen molar-refractivity contribution in [3.8, 4) is 0 Å². The standard InChI is InChI=1S/C26H42Cl4N2O/c1-2-3-4-5-6-7-8-9-10-11-12-13-14-15-16-17-24(33)32-25(26(28,29)30)31-23-20-18-22(27)19-21-23/h18-21,25,31H,2-17H2,1H3,(H,32,33)/t25-/m1/s1. The Morgan fingerprint density at radius 3 is 1.61 bits per heavy atom.